The average molecular weight is 382 g/mol. The summed E-state index contributed by atoms with van der Waals surface area (Å²) in [6, 6.07) is 0.224. The molecular weight excluding hydrogens is 350 g/mol. The molecule has 2 heterocycles. The standard InChI is InChI=1S/C18H31N5O2S/c1-12(2)23-14(20-21-17(23)26)8-9-19-15(24)13-7-6-10-22(11-13)16(25)18(3,4)5/h12-13H,6-11H2,1-5H3,(H,19,24)(H,21,26). The molecule has 1 saturated heterocycles. The molecule has 1 atom stereocenters. The van der Waals surface area contributed by atoms with E-state index in [9.17, 15) is 9.59 Å². The first-order chi connectivity index (χ1) is 12.1. The van der Waals surface area contributed by atoms with Gasteiger partial charge in [-0.15, -0.1) is 0 Å². The Kier molecular flexibility index (Phi) is 6.60. The van der Waals surface area contributed by atoms with Gasteiger partial charge in [0.15, 0.2) is 4.77 Å². The Balaban J connectivity index is 1.88. The molecule has 146 valence electrons. The first-order valence-corrected chi connectivity index (χ1v) is 9.75. The summed E-state index contributed by atoms with van der Waals surface area (Å²) in [6.45, 7) is 11.6. The molecule has 0 bridgehead atoms. The van der Waals surface area contributed by atoms with E-state index in [0.717, 1.165) is 25.2 Å². The Morgan fingerprint density at radius 1 is 1.38 bits per heavy atom. The molecule has 2 rings (SSSR count). The molecule has 2 N–H and O–H groups in total. The number of aromatic amines is 1. The minimum atomic E-state index is -0.412. The Labute approximate surface area is 160 Å². The zero-order chi connectivity index (χ0) is 19.5. The molecular formula is C18H31N5O2S. The summed E-state index contributed by atoms with van der Waals surface area (Å²) >= 11 is 5.24. The molecule has 0 aromatic carbocycles. The number of H-pyrrole nitrogens is 1. The Hall–Kier alpha value is -1.70. The van der Waals surface area contributed by atoms with Gasteiger partial charge in [-0.25, -0.2) is 0 Å². The molecule has 7 nitrogen and oxygen atoms in total. The second-order valence-corrected chi connectivity index (χ2v) is 8.68. The van der Waals surface area contributed by atoms with Gasteiger partial charge in [-0.05, 0) is 38.9 Å². The zero-order valence-corrected chi connectivity index (χ0v) is 17.3. The van der Waals surface area contributed by atoms with Crippen LogP contribution in [0.15, 0.2) is 0 Å². The molecule has 0 saturated carbocycles. The van der Waals surface area contributed by atoms with E-state index >= 15 is 0 Å². The maximum atomic E-state index is 12.5. The summed E-state index contributed by atoms with van der Waals surface area (Å²) in [5.41, 5.74) is -0.412. The fourth-order valence-corrected chi connectivity index (χ4v) is 3.70. The van der Waals surface area contributed by atoms with E-state index in [1.165, 1.54) is 0 Å². The molecule has 1 aromatic rings. The molecule has 0 radical (unpaired) electrons. The van der Waals surface area contributed by atoms with Crippen LogP contribution in [0.25, 0.3) is 0 Å². The summed E-state index contributed by atoms with van der Waals surface area (Å²) in [7, 11) is 0. The first-order valence-electron chi connectivity index (χ1n) is 9.34. The third kappa shape index (κ3) is 4.93. The van der Waals surface area contributed by atoms with E-state index in [1.54, 1.807) is 0 Å². The fourth-order valence-electron chi connectivity index (χ4n) is 3.34. The van der Waals surface area contributed by atoms with Gasteiger partial charge in [-0.3, -0.25) is 14.7 Å². The van der Waals surface area contributed by atoms with Crippen molar-refractivity contribution in [3.63, 3.8) is 0 Å². The molecule has 1 aromatic heterocycles. The lowest BCUT2D eigenvalue weighted by Crippen LogP contribution is -2.48. The number of nitrogens with zero attached hydrogens (tertiary/aromatic N) is 3. The topological polar surface area (TPSA) is 83.0 Å². The lowest BCUT2D eigenvalue weighted by Gasteiger charge is -2.35. The van der Waals surface area contributed by atoms with E-state index in [1.807, 2.05) is 30.2 Å². The largest absolute Gasteiger partial charge is 0.355 e. The maximum absolute atomic E-state index is 12.5. The van der Waals surface area contributed by atoms with Crippen molar-refractivity contribution in [2.75, 3.05) is 19.6 Å². The maximum Gasteiger partial charge on any atom is 0.227 e. The minimum absolute atomic E-state index is 0.0154. The van der Waals surface area contributed by atoms with Crippen molar-refractivity contribution in [2.45, 2.75) is 59.9 Å². The number of carbonyl (C=O) groups excluding carboxylic acids is 2. The molecule has 26 heavy (non-hydrogen) atoms. The van der Waals surface area contributed by atoms with Crippen LogP contribution < -0.4 is 5.32 Å². The first kappa shape index (κ1) is 20.6. The van der Waals surface area contributed by atoms with Crippen LogP contribution in [0.5, 0.6) is 0 Å². The van der Waals surface area contributed by atoms with E-state index in [0.29, 0.717) is 24.3 Å². The van der Waals surface area contributed by atoms with Crippen LogP contribution in [0.1, 0.15) is 59.3 Å². The van der Waals surface area contributed by atoms with Gasteiger partial charge in [0.1, 0.15) is 5.82 Å². The Morgan fingerprint density at radius 3 is 2.69 bits per heavy atom. The monoisotopic (exact) mass is 381 g/mol. The zero-order valence-electron chi connectivity index (χ0n) is 16.5. The SMILES string of the molecule is CC(C)n1c(CCNC(=O)C2CCCN(C(=O)C(C)(C)C)C2)n[nH]c1=S. The Morgan fingerprint density at radius 2 is 2.08 bits per heavy atom. The molecule has 8 heteroatoms. The third-order valence-corrected chi connectivity index (χ3v) is 4.95. The number of carbonyl (C=O) groups is 2. The molecule has 0 spiro atoms. The number of rotatable bonds is 5. The second kappa shape index (κ2) is 8.33. The van der Waals surface area contributed by atoms with Gasteiger partial charge in [-0.1, -0.05) is 20.8 Å². The predicted octanol–water partition coefficient (Wildman–Crippen LogP) is 2.46. The van der Waals surface area contributed by atoms with Gasteiger partial charge < -0.3 is 14.8 Å². The summed E-state index contributed by atoms with van der Waals surface area (Å²) in [4.78, 5) is 26.8. The number of aromatic nitrogens is 3. The van der Waals surface area contributed by atoms with Gasteiger partial charge >= 0.3 is 0 Å². The molecule has 2 amide bonds. The van der Waals surface area contributed by atoms with Gasteiger partial charge in [0, 0.05) is 37.5 Å². The fraction of sp³-hybridized carbons (Fsp3) is 0.778. The van der Waals surface area contributed by atoms with Crippen LogP contribution in [0.2, 0.25) is 0 Å². The van der Waals surface area contributed by atoms with Crippen LogP contribution in [0, 0.1) is 16.1 Å². The van der Waals surface area contributed by atoms with Crippen molar-refractivity contribution in [3.05, 3.63) is 10.6 Å². The highest BCUT2D eigenvalue weighted by atomic mass is 32.1. The highest BCUT2D eigenvalue weighted by Gasteiger charge is 2.33. The van der Waals surface area contributed by atoms with Gasteiger partial charge in [-0.2, -0.15) is 5.10 Å². The van der Waals surface area contributed by atoms with E-state index in [-0.39, 0.29) is 23.8 Å². The van der Waals surface area contributed by atoms with Crippen molar-refractivity contribution in [2.24, 2.45) is 11.3 Å². The number of likely N-dealkylation sites (tertiary alicyclic amines) is 1. The summed E-state index contributed by atoms with van der Waals surface area (Å²) in [5, 5.41) is 10.1. The average Bonchev–Trinajstić information content (AvgIpc) is 2.94. The molecule has 1 aliphatic rings. The number of hydrogen-bond donors (Lipinski definition) is 2. The van der Waals surface area contributed by atoms with Crippen molar-refractivity contribution in [1.29, 1.82) is 0 Å². The highest BCUT2D eigenvalue weighted by molar-refractivity contribution is 7.71. The van der Waals surface area contributed by atoms with Crippen LogP contribution >= 0.6 is 12.2 Å². The lowest BCUT2D eigenvalue weighted by atomic mass is 9.91. The highest BCUT2D eigenvalue weighted by Crippen LogP contribution is 2.23. The molecule has 0 aliphatic carbocycles. The van der Waals surface area contributed by atoms with Crippen molar-refractivity contribution in [3.8, 4) is 0 Å². The van der Waals surface area contributed by atoms with Crippen molar-refractivity contribution in [1.82, 2.24) is 25.0 Å². The second-order valence-electron chi connectivity index (χ2n) is 8.29. The number of amides is 2. The molecule has 1 fully saturated rings. The van der Waals surface area contributed by atoms with Gasteiger partial charge in [0.05, 0.1) is 5.92 Å². The van der Waals surface area contributed by atoms with Gasteiger partial charge in [0.25, 0.3) is 0 Å². The van der Waals surface area contributed by atoms with Crippen LogP contribution in [0.4, 0.5) is 0 Å². The number of nitrogens with one attached hydrogen (secondary N) is 2. The van der Waals surface area contributed by atoms with Crippen LogP contribution in [-0.2, 0) is 16.0 Å². The quantitative estimate of drug-likeness (QED) is 0.768. The number of hydrogen-bond acceptors (Lipinski definition) is 4. The van der Waals surface area contributed by atoms with Crippen LogP contribution in [-0.4, -0.2) is 51.1 Å². The minimum Gasteiger partial charge on any atom is -0.355 e. The molecule has 1 aliphatic heterocycles. The van der Waals surface area contributed by atoms with Gasteiger partial charge in [0.2, 0.25) is 11.8 Å². The summed E-state index contributed by atoms with van der Waals surface area (Å²) in [6.07, 6.45) is 2.31. The van der Waals surface area contributed by atoms with E-state index in [4.69, 9.17) is 12.2 Å². The normalized spacial score (nSPS) is 18.2. The van der Waals surface area contributed by atoms with Crippen molar-refractivity contribution < 1.29 is 9.59 Å². The van der Waals surface area contributed by atoms with E-state index in [2.05, 4.69) is 29.4 Å². The summed E-state index contributed by atoms with van der Waals surface area (Å²) in [5.74, 6) is 0.837. The number of piperidine rings is 1. The third-order valence-electron chi connectivity index (χ3n) is 4.66. The smallest absolute Gasteiger partial charge is 0.227 e. The Bertz CT molecular complexity index is 701. The lowest BCUT2D eigenvalue weighted by molar-refractivity contribution is -0.142. The predicted molar refractivity (Wildman–Crippen MR) is 103 cm³/mol. The van der Waals surface area contributed by atoms with Crippen molar-refractivity contribution >= 4 is 24.0 Å². The summed E-state index contributed by atoms with van der Waals surface area (Å²) < 4.78 is 2.57. The van der Waals surface area contributed by atoms with E-state index < -0.39 is 5.41 Å². The van der Waals surface area contributed by atoms with Crippen LogP contribution in [0.3, 0.4) is 0 Å². The molecule has 1 unspecified atom stereocenters.